The quantitative estimate of drug-likeness (QED) is 0.699. The third-order valence-electron chi connectivity index (χ3n) is 2.68. The standard InChI is InChI=1S/C12H19N3O4S/c1-3-15(5-4-6-16)12(19)13-7-9-14-8(2)10(20-9)11(17)18/h16H,3-7H2,1-2H3,(H,13,19)(H,17,18). The number of carboxylic acids is 1. The van der Waals surface area contributed by atoms with E-state index in [1.165, 1.54) is 0 Å². The van der Waals surface area contributed by atoms with Gasteiger partial charge in [-0.15, -0.1) is 11.3 Å². The fourth-order valence-corrected chi connectivity index (χ4v) is 2.50. The molecular formula is C12H19N3O4S. The van der Waals surface area contributed by atoms with E-state index in [1.807, 2.05) is 6.92 Å². The molecule has 0 aliphatic rings. The Morgan fingerprint density at radius 1 is 1.45 bits per heavy atom. The van der Waals surface area contributed by atoms with Gasteiger partial charge in [0, 0.05) is 19.7 Å². The van der Waals surface area contributed by atoms with Crippen LogP contribution in [0.5, 0.6) is 0 Å². The molecule has 0 unspecified atom stereocenters. The molecule has 20 heavy (non-hydrogen) atoms. The highest BCUT2D eigenvalue weighted by Gasteiger charge is 2.15. The Morgan fingerprint density at radius 3 is 2.65 bits per heavy atom. The zero-order valence-electron chi connectivity index (χ0n) is 11.5. The van der Waals surface area contributed by atoms with Gasteiger partial charge < -0.3 is 20.4 Å². The Kier molecular flexibility index (Phi) is 6.40. The number of hydrogen-bond acceptors (Lipinski definition) is 5. The number of aromatic carboxylic acids is 1. The average Bonchev–Trinajstić information content (AvgIpc) is 2.78. The van der Waals surface area contributed by atoms with Crippen molar-refractivity contribution in [2.75, 3.05) is 19.7 Å². The van der Waals surface area contributed by atoms with Gasteiger partial charge in [0.1, 0.15) is 9.88 Å². The maximum atomic E-state index is 11.9. The summed E-state index contributed by atoms with van der Waals surface area (Å²) in [6, 6.07) is -0.245. The number of aliphatic hydroxyl groups excluding tert-OH is 1. The van der Waals surface area contributed by atoms with Crippen LogP contribution in [0, 0.1) is 6.92 Å². The molecule has 1 aromatic rings. The predicted octanol–water partition coefficient (Wildman–Crippen LogP) is 1.06. The summed E-state index contributed by atoms with van der Waals surface area (Å²) < 4.78 is 0. The first-order valence-electron chi connectivity index (χ1n) is 6.32. The van der Waals surface area contributed by atoms with Crippen LogP contribution in [0.15, 0.2) is 0 Å². The number of carbonyl (C=O) groups is 2. The van der Waals surface area contributed by atoms with Gasteiger partial charge in [0.05, 0.1) is 12.2 Å². The molecule has 0 fully saturated rings. The van der Waals surface area contributed by atoms with Crippen molar-refractivity contribution in [3.05, 3.63) is 15.6 Å². The lowest BCUT2D eigenvalue weighted by atomic mass is 10.4. The monoisotopic (exact) mass is 301 g/mol. The molecule has 1 rings (SSSR count). The van der Waals surface area contributed by atoms with Crippen LogP contribution in [0.4, 0.5) is 4.79 Å². The minimum Gasteiger partial charge on any atom is -0.477 e. The minimum absolute atomic E-state index is 0.0391. The van der Waals surface area contributed by atoms with Crippen molar-refractivity contribution in [3.8, 4) is 0 Å². The molecule has 0 aliphatic carbocycles. The Hall–Kier alpha value is -1.67. The maximum absolute atomic E-state index is 11.9. The Bertz CT molecular complexity index is 475. The molecule has 1 aromatic heterocycles. The second-order valence-corrected chi connectivity index (χ2v) is 5.23. The van der Waals surface area contributed by atoms with Gasteiger partial charge in [0.15, 0.2) is 0 Å². The molecular weight excluding hydrogens is 282 g/mol. The van der Waals surface area contributed by atoms with E-state index in [9.17, 15) is 9.59 Å². The van der Waals surface area contributed by atoms with E-state index in [-0.39, 0.29) is 24.1 Å². The lowest BCUT2D eigenvalue weighted by molar-refractivity contribution is 0.0701. The van der Waals surface area contributed by atoms with Crippen LogP contribution >= 0.6 is 11.3 Å². The fraction of sp³-hybridized carbons (Fsp3) is 0.583. The smallest absolute Gasteiger partial charge is 0.347 e. The number of aromatic nitrogens is 1. The van der Waals surface area contributed by atoms with E-state index in [0.717, 1.165) is 11.3 Å². The van der Waals surface area contributed by atoms with E-state index in [2.05, 4.69) is 10.3 Å². The predicted molar refractivity (Wildman–Crippen MR) is 75.0 cm³/mol. The number of carboxylic acid groups (broad SMARTS) is 1. The van der Waals surface area contributed by atoms with Crippen LogP contribution in [-0.2, 0) is 6.54 Å². The molecule has 8 heteroatoms. The summed E-state index contributed by atoms with van der Waals surface area (Å²) in [6.07, 6.45) is 0.529. The van der Waals surface area contributed by atoms with Gasteiger partial charge >= 0.3 is 12.0 Å². The topological polar surface area (TPSA) is 103 Å². The van der Waals surface area contributed by atoms with E-state index >= 15 is 0 Å². The van der Waals surface area contributed by atoms with Crippen LogP contribution in [0.2, 0.25) is 0 Å². The van der Waals surface area contributed by atoms with E-state index in [1.54, 1.807) is 11.8 Å². The van der Waals surface area contributed by atoms with Gasteiger partial charge in [0.25, 0.3) is 0 Å². The number of nitrogens with zero attached hydrogens (tertiary/aromatic N) is 2. The number of aryl methyl sites for hydroxylation is 1. The zero-order valence-corrected chi connectivity index (χ0v) is 12.4. The van der Waals surface area contributed by atoms with E-state index in [0.29, 0.717) is 30.2 Å². The third kappa shape index (κ3) is 4.46. The molecule has 0 saturated carbocycles. The van der Waals surface area contributed by atoms with Crippen LogP contribution < -0.4 is 5.32 Å². The molecule has 0 aromatic carbocycles. The van der Waals surface area contributed by atoms with E-state index in [4.69, 9.17) is 10.2 Å². The third-order valence-corrected chi connectivity index (χ3v) is 3.83. The van der Waals surface area contributed by atoms with Gasteiger partial charge in [-0.2, -0.15) is 0 Å². The molecule has 3 N–H and O–H groups in total. The minimum atomic E-state index is -1.00. The number of amides is 2. The number of rotatable bonds is 7. The average molecular weight is 301 g/mol. The number of aliphatic hydroxyl groups is 1. The summed E-state index contributed by atoms with van der Waals surface area (Å²) in [5.74, 6) is -1.00. The normalized spacial score (nSPS) is 10.3. The first-order valence-corrected chi connectivity index (χ1v) is 7.14. The number of thiazole rings is 1. The molecule has 112 valence electrons. The Labute approximate surface area is 121 Å². The van der Waals surface area contributed by atoms with Gasteiger partial charge in [-0.3, -0.25) is 0 Å². The summed E-state index contributed by atoms with van der Waals surface area (Å²) >= 11 is 1.06. The molecule has 0 bridgehead atoms. The molecule has 0 atom stereocenters. The summed E-state index contributed by atoms with van der Waals surface area (Å²) in [4.78, 5) is 28.7. The maximum Gasteiger partial charge on any atom is 0.347 e. The van der Waals surface area contributed by atoms with Gasteiger partial charge in [-0.1, -0.05) is 0 Å². The largest absolute Gasteiger partial charge is 0.477 e. The molecule has 2 amide bonds. The summed E-state index contributed by atoms with van der Waals surface area (Å²) in [7, 11) is 0. The van der Waals surface area contributed by atoms with Gasteiger partial charge in [-0.25, -0.2) is 14.6 Å². The van der Waals surface area contributed by atoms with Crippen molar-refractivity contribution < 1.29 is 19.8 Å². The van der Waals surface area contributed by atoms with Crippen LogP contribution in [-0.4, -0.2) is 51.8 Å². The molecule has 0 radical (unpaired) electrons. The zero-order chi connectivity index (χ0) is 15.1. The molecule has 7 nitrogen and oxygen atoms in total. The van der Waals surface area contributed by atoms with Crippen molar-refractivity contribution in [3.63, 3.8) is 0 Å². The number of nitrogens with one attached hydrogen (secondary N) is 1. The van der Waals surface area contributed by atoms with Crippen molar-refractivity contribution >= 4 is 23.3 Å². The molecule has 0 aliphatic heterocycles. The summed E-state index contributed by atoms with van der Waals surface area (Å²) in [6.45, 7) is 4.75. The highest BCUT2D eigenvalue weighted by atomic mass is 32.1. The Morgan fingerprint density at radius 2 is 2.15 bits per heavy atom. The number of urea groups is 1. The highest BCUT2D eigenvalue weighted by molar-refractivity contribution is 7.13. The number of carbonyl (C=O) groups excluding carboxylic acids is 1. The van der Waals surface area contributed by atoms with Gasteiger partial charge in [0.2, 0.25) is 0 Å². The van der Waals surface area contributed by atoms with Crippen molar-refractivity contribution in [1.82, 2.24) is 15.2 Å². The van der Waals surface area contributed by atoms with Crippen LogP contribution in [0.1, 0.15) is 33.7 Å². The lowest BCUT2D eigenvalue weighted by Crippen LogP contribution is -2.40. The summed E-state index contributed by atoms with van der Waals surface area (Å²) in [5.41, 5.74) is 0.458. The SMILES string of the molecule is CCN(CCCO)C(=O)NCc1nc(C)c(C(=O)O)s1. The lowest BCUT2D eigenvalue weighted by Gasteiger charge is -2.20. The van der Waals surface area contributed by atoms with Crippen LogP contribution in [0.3, 0.4) is 0 Å². The fourth-order valence-electron chi connectivity index (χ4n) is 1.65. The van der Waals surface area contributed by atoms with E-state index < -0.39 is 5.97 Å². The first kappa shape index (κ1) is 16.4. The van der Waals surface area contributed by atoms with Crippen molar-refractivity contribution in [2.45, 2.75) is 26.8 Å². The second kappa shape index (κ2) is 7.81. The highest BCUT2D eigenvalue weighted by Crippen LogP contribution is 2.17. The Balaban J connectivity index is 2.55. The number of hydrogen-bond donors (Lipinski definition) is 3. The molecule has 0 saturated heterocycles. The molecule has 0 spiro atoms. The molecule has 1 heterocycles. The second-order valence-electron chi connectivity index (χ2n) is 4.14. The van der Waals surface area contributed by atoms with Gasteiger partial charge in [-0.05, 0) is 20.3 Å². The van der Waals surface area contributed by atoms with Crippen LogP contribution in [0.25, 0.3) is 0 Å². The summed E-state index contributed by atoms with van der Waals surface area (Å²) in [5, 5.41) is 21.0. The van der Waals surface area contributed by atoms with Crippen molar-refractivity contribution in [2.24, 2.45) is 0 Å². The first-order chi connectivity index (χ1) is 9.49. The van der Waals surface area contributed by atoms with Crippen molar-refractivity contribution in [1.29, 1.82) is 0 Å².